The highest BCUT2D eigenvalue weighted by molar-refractivity contribution is 5.89. The van der Waals surface area contributed by atoms with Crippen molar-refractivity contribution in [2.45, 2.75) is 38.6 Å². The second kappa shape index (κ2) is 8.03. The van der Waals surface area contributed by atoms with Gasteiger partial charge in [0, 0.05) is 17.8 Å². The number of nitrogens with one attached hydrogen (secondary N) is 1. The quantitative estimate of drug-likeness (QED) is 0.646. The lowest BCUT2D eigenvalue weighted by molar-refractivity contribution is 0.193. The molecule has 1 atom stereocenters. The fourth-order valence-electron chi connectivity index (χ4n) is 3.50. The van der Waals surface area contributed by atoms with Gasteiger partial charge in [0.05, 0.1) is 0 Å². The maximum Gasteiger partial charge on any atom is 0.322 e. The van der Waals surface area contributed by atoms with Crippen LogP contribution in [0.15, 0.2) is 53.1 Å². The molecular weight excluding hydrogens is 371 g/mol. The number of urea groups is 1. The van der Waals surface area contributed by atoms with E-state index in [-0.39, 0.29) is 17.9 Å². The van der Waals surface area contributed by atoms with E-state index in [0.717, 1.165) is 18.5 Å². The summed E-state index contributed by atoms with van der Waals surface area (Å²) in [5.74, 6) is 0.900. The molecule has 3 aromatic rings. The Morgan fingerprint density at radius 2 is 1.90 bits per heavy atom. The Hall–Kier alpha value is -3.22. The summed E-state index contributed by atoms with van der Waals surface area (Å²) in [4.78, 5) is 19.0. The van der Waals surface area contributed by atoms with Gasteiger partial charge in [-0.1, -0.05) is 31.1 Å². The van der Waals surface area contributed by atoms with Crippen molar-refractivity contribution in [1.82, 2.24) is 15.0 Å². The second-order valence-electron chi connectivity index (χ2n) is 7.52. The van der Waals surface area contributed by atoms with Crippen molar-refractivity contribution in [3.63, 3.8) is 0 Å². The average Bonchev–Trinajstić information content (AvgIpc) is 3.38. The first-order chi connectivity index (χ1) is 14.0. The smallest absolute Gasteiger partial charge is 0.322 e. The maximum absolute atomic E-state index is 13.1. The van der Waals surface area contributed by atoms with E-state index in [1.807, 2.05) is 24.3 Å². The van der Waals surface area contributed by atoms with Gasteiger partial charge in [-0.15, -0.1) is 0 Å². The van der Waals surface area contributed by atoms with Crippen LogP contribution in [-0.4, -0.2) is 27.6 Å². The average molecular weight is 394 g/mol. The van der Waals surface area contributed by atoms with Crippen LogP contribution < -0.4 is 5.32 Å². The van der Waals surface area contributed by atoms with Gasteiger partial charge in [0.1, 0.15) is 11.9 Å². The van der Waals surface area contributed by atoms with Crippen LogP contribution in [0, 0.1) is 5.82 Å². The van der Waals surface area contributed by atoms with E-state index in [1.54, 1.807) is 17.0 Å². The number of nitrogens with zero attached hydrogens (tertiary/aromatic N) is 3. The molecule has 0 bridgehead atoms. The first-order valence-electron chi connectivity index (χ1n) is 9.78. The highest BCUT2D eigenvalue weighted by atomic mass is 19.1. The topological polar surface area (TPSA) is 71.3 Å². The van der Waals surface area contributed by atoms with Crippen molar-refractivity contribution in [2.75, 3.05) is 11.9 Å². The van der Waals surface area contributed by atoms with Crippen LogP contribution in [0.2, 0.25) is 0 Å². The summed E-state index contributed by atoms with van der Waals surface area (Å²) in [5.41, 5.74) is 2.64. The van der Waals surface area contributed by atoms with Crippen molar-refractivity contribution in [3.8, 4) is 11.4 Å². The molecule has 1 fully saturated rings. The molecule has 2 aromatic carbocycles. The predicted octanol–water partition coefficient (Wildman–Crippen LogP) is 5.37. The van der Waals surface area contributed by atoms with Gasteiger partial charge in [-0.25, -0.2) is 9.18 Å². The normalized spacial score (nSPS) is 16.4. The van der Waals surface area contributed by atoms with Gasteiger partial charge in [-0.2, -0.15) is 4.98 Å². The zero-order chi connectivity index (χ0) is 20.4. The van der Waals surface area contributed by atoms with Gasteiger partial charge < -0.3 is 14.7 Å². The molecule has 1 unspecified atom stereocenters. The minimum atomic E-state index is -0.322. The molecule has 0 radical (unpaired) electrons. The molecule has 1 saturated heterocycles. The SMILES string of the molecule is CC(C)c1ccc(NC(=O)N2CCCC2c2nc(-c3ccc(F)cc3)no2)cc1. The Balaban J connectivity index is 1.47. The van der Waals surface area contributed by atoms with Gasteiger partial charge in [-0.3, -0.25) is 0 Å². The number of aromatic nitrogens is 2. The van der Waals surface area contributed by atoms with Crippen LogP contribution in [0.25, 0.3) is 11.4 Å². The van der Waals surface area contributed by atoms with Crippen LogP contribution in [0.4, 0.5) is 14.9 Å². The zero-order valence-corrected chi connectivity index (χ0v) is 16.4. The molecule has 0 saturated carbocycles. The van der Waals surface area contributed by atoms with Crippen LogP contribution in [0.1, 0.15) is 50.1 Å². The minimum Gasteiger partial charge on any atom is -0.337 e. The molecule has 7 heteroatoms. The number of rotatable bonds is 4. The standard InChI is InChI=1S/C22H23FN4O2/c1-14(2)15-7-11-18(12-8-15)24-22(28)27-13-3-4-19(27)21-25-20(26-29-21)16-5-9-17(23)10-6-16/h5-12,14,19H,3-4,13H2,1-2H3,(H,24,28). The molecular formula is C22H23FN4O2. The molecule has 2 amide bonds. The Morgan fingerprint density at radius 3 is 2.59 bits per heavy atom. The summed E-state index contributed by atoms with van der Waals surface area (Å²) < 4.78 is 18.5. The molecule has 4 rings (SSSR count). The lowest BCUT2D eigenvalue weighted by Crippen LogP contribution is -2.34. The predicted molar refractivity (Wildman–Crippen MR) is 108 cm³/mol. The first kappa shape index (κ1) is 19.1. The van der Waals surface area contributed by atoms with Crippen molar-refractivity contribution in [2.24, 2.45) is 0 Å². The number of amides is 2. The third-order valence-corrected chi connectivity index (χ3v) is 5.17. The van der Waals surface area contributed by atoms with Crippen LogP contribution >= 0.6 is 0 Å². The molecule has 29 heavy (non-hydrogen) atoms. The number of halogens is 1. The zero-order valence-electron chi connectivity index (χ0n) is 16.4. The Labute approximate surface area is 168 Å². The third kappa shape index (κ3) is 4.13. The largest absolute Gasteiger partial charge is 0.337 e. The van der Waals surface area contributed by atoms with Crippen molar-refractivity contribution in [3.05, 3.63) is 65.8 Å². The summed E-state index contributed by atoms with van der Waals surface area (Å²) in [6.07, 6.45) is 1.61. The fourth-order valence-corrected chi connectivity index (χ4v) is 3.50. The van der Waals surface area contributed by atoms with Gasteiger partial charge in [-0.05, 0) is 60.7 Å². The first-order valence-corrected chi connectivity index (χ1v) is 9.78. The summed E-state index contributed by atoms with van der Waals surface area (Å²) in [6.45, 7) is 4.88. The number of hydrogen-bond donors (Lipinski definition) is 1. The van der Waals surface area contributed by atoms with Gasteiger partial charge >= 0.3 is 6.03 Å². The molecule has 1 aliphatic rings. The van der Waals surface area contributed by atoms with E-state index in [9.17, 15) is 9.18 Å². The molecule has 2 heterocycles. The lowest BCUT2D eigenvalue weighted by Gasteiger charge is -2.22. The van der Waals surface area contributed by atoms with E-state index in [1.165, 1.54) is 17.7 Å². The van der Waals surface area contributed by atoms with Crippen molar-refractivity contribution >= 4 is 11.7 Å². The summed E-state index contributed by atoms with van der Waals surface area (Å²) >= 11 is 0. The van der Waals surface area contributed by atoms with Crippen molar-refractivity contribution < 1.29 is 13.7 Å². The Morgan fingerprint density at radius 1 is 1.17 bits per heavy atom. The monoisotopic (exact) mass is 394 g/mol. The van der Waals surface area contributed by atoms with Gasteiger partial charge in [0.15, 0.2) is 0 Å². The van der Waals surface area contributed by atoms with Gasteiger partial charge in [0.25, 0.3) is 0 Å². The number of carbonyl (C=O) groups is 1. The van der Waals surface area contributed by atoms with Crippen LogP contribution in [0.5, 0.6) is 0 Å². The number of anilines is 1. The van der Waals surface area contributed by atoms with Crippen LogP contribution in [0.3, 0.4) is 0 Å². The Kier molecular flexibility index (Phi) is 5.29. The Bertz CT molecular complexity index is 983. The maximum atomic E-state index is 13.1. The summed E-state index contributed by atoms with van der Waals surface area (Å²) in [7, 11) is 0. The molecule has 1 aliphatic heterocycles. The van der Waals surface area contributed by atoms with E-state index < -0.39 is 0 Å². The van der Waals surface area contributed by atoms with Crippen LogP contribution in [-0.2, 0) is 0 Å². The number of carbonyl (C=O) groups excluding carboxylic acids is 1. The highest BCUT2D eigenvalue weighted by Crippen LogP contribution is 2.32. The lowest BCUT2D eigenvalue weighted by atomic mass is 10.0. The number of likely N-dealkylation sites (tertiary alicyclic amines) is 1. The summed E-state index contributed by atoms with van der Waals surface area (Å²) in [6, 6.07) is 13.3. The summed E-state index contributed by atoms with van der Waals surface area (Å²) in [5, 5.41) is 6.95. The molecule has 1 aromatic heterocycles. The van der Waals surface area contributed by atoms with Crippen molar-refractivity contribution in [1.29, 1.82) is 0 Å². The van der Waals surface area contributed by atoms with Gasteiger partial charge in [0.2, 0.25) is 11.7 Å². The molecule has 0 spiro atoms. The molecule has 150 valence electrons. The fraction of sp³-hybridized carbons (Fsp3) is 0.318. The van der Waals surface area contributed by atoms with E-state index in [2.05, 4.69) is 29.3 Å². The van der Waals surface area contributed by atoms with E-state index >= 15 is 0 Å². The molecule has 6 nitrogen and oxygen atoms in total. The minimum absolute atomic E-state index is 0.189. The molecule has 1 N–H and O–H groups in total. The third-order valence-electron chi connectivity index (χ3n) is 5.17. The van der Waals surface area contributed by atoms with E-state index in [0.29, 0.717) is 29.7 Å². The second-order valence-corrected chi connectivity index (χ2v) is 7.52. The number of benzene rings is 2. The molecule has 0 aliphatic carbocycles. The highest BCUT2D eigenvalue weighted by Gasteiger charge is 2.34. The number of hydrogen-bond acceptors (Lipinski definition) is 4. The van der Waals surface area contributed by atoms with E-state index in [4.69, 9.17) is 4.52 Å².